The van der Waals surface area contributed by atoms with Crippen molar-refractivity contribution in [2.45, 2.75) is 19.0 Å². The summed E-state index contributed by atoms with van der Waals surface area (Å²) in [4.78, 5) is 18.4. The summed E-state index contributed by atoms with van der Waals surface area (Å²) in [7, 11) is 0. The first-order chi connectivity index (χ1) is 7.75. The molecule has 3 heterocycles. The second-order valence-corrected chi connectivity index (χ2v) is 3.96. The zero-order valence-electron chi connectivity index (χ0n) is 8.53. The summed E-state index contributed by atoms with van der Waals surface area (Å²) in [6, 6.07) is 3.35. The van der Waals surface area contributed by atoms with E-state index in [4.69, 9.17) is 5.11 Å². The van der Waals surface area contributed by atoms with E-state index in [1.807, 2.05) is 12.1 Å². The van der Waals surface area contributed by atoms with Crippen LogP contribution in [0.4, 0.5) is 0 Å². The molecule has 2 aromatic heterocycles. The Balaban J connectivity index is 2.11. The number of aromatic amines is 1. The number of pyridine rings is 1. The first-order valence-electron chi connectivity index (χ1n) is 5.16. The van der Waals surface area contributed by atoms with Gasteiger partial charge in [-0.1, -0.05) is 0 Å². The summed E-state index contributed by atoms with van der Waals surface area (Å²) in [6.45, 7) is 0.558. The predicted molar refractivity (Wildman–Crippen MR) is 58.1 cm³/mol. The number of nitrogens with one attached hydrogen (secondary N) is 2. The largest absolute Gasteiger partial charge is 0.480 e. The lowest BCUT2D eigenvalue weighted by Gasteiger charge is -2.20. The van der Waals surface area contributed by atoms with Crippen LogP contribution in [-0.2, 0) is 17.8 Å². The summed E-state index contributed by atoms with van der Waals surface area (Å²) in [5.74, 6) is -0.802. The average molecular weight is 217 g/mol. The third kappa shape index (κ3) is 1.29. The quantitative estimate of drug-likeness (QED) is 0.655. The van der Waals surface area contributed by atoms with Crippen LogP contribution in [0, 0.1) is 0 Å². The molecule has 3 N–H and O–H groups in total. The van der Waals surface area contributed by atoms with Gasteiger partial charge in [0.25, 0.3) is 0 Å². The molecule has 0 saturated heterocycles. The van der Waals surface area contributed by atoms with E-state index in [2.05, 4.69) is 15.3 Å². The number of rotatable bonds is 1. The molecule has 1 aliphatic heterocycles. The molecule has 0 radical (unpaired) electrons. The highest BCUT2D eigenvalue weighted by Gasteiger charge is 2.26. The van der Waals surface area contributed by atoms with Crippen molar-refractivity contribution in [1.29, 1.82) is 0 Å². The van der Waals surface area contributed by atoms with E-state index in [0.717, 1.165) is 22.3 Å². The molecule has 0 unspecified atom stereocenters. The Kier molecular flexibility index (Phi) is 1.94. The van der Waals surface area contributed by atoms with Crippen LogP contribution in [0.15, 0.2) is 18.3 Å². The molecule has 0 fully saturated rings. The summed E-state index contributed by atoms with van der Waals surface area (Å²) in [6.07, 6.45) is 2.24. The van der Waals surface area contributed by atoms with E-state index in [0.29, 0.717) is 13.0 Å². The number of hydrogen-bond donors (Lipinski definition) is 3. The van der Waals surface area contributed by atoms with Gasteiger partial charge in [-0.25, -0.2) is 4.98 Å². The smallest absolute Gasteiger partial charge is 0.321 e. The highest BCUT2D eigenvalue weighted by molar-refractivity contribution is 5.83. The number of carbonyl (C=O) groups is 1. The highest BCUT2D eigenvalue weighted by atomic mass is 16.4. The zero-order chi connectivity index (χ0) is 11.1. The van der Waals surface area contributed by atoms with Crippen molar-refractivity contribution in [1.82, 2.24) is 15.3 Å². The van der Waals surface area contributed by atoms with E-state index in [-0.39, 0.29) is 0 Å². The molecule has 0 spiro atoms. The molecule has 1 atom stereocenters. The second kappa shape index (κ2) is 3.31. The molecule has 1 aliphatic rings. The normalized spacial score (nSPS) is 19.6. The number of aromatic nitrogens is 2. The molecule has 0 saturated carbocycles. The molecular formula is C11H11N3O2. The zero-order valence-corrected chi connectivity index (χ0v) is 8.53. The van der Waals surface area contributed by atoms with E-state index >= 15 is 0 Å². The van der Waals surface area contributed by atoms with Gasteiger partial charge in [-0.15, -0.1) is 0 Å². The Hall–Kier alpha value is -1.88. The number of aliphatic carboxylic acids is 1. The molecule has 82 valence electrons. The van der Waals surface area contributed by atoms with Crippen LogP contribution < -0.4 is 5.32 Å². The van der Waals surface area contributed by atoms with Crippen LogP contribution in [0.3, 0.4) is 0 Å². The number of fused-ring (bicyclic) bond motifs is 3. The van der Waals surface area contributed by atoms with Crippen molar-refractivity contribution < 1.29 is 9.90 Å². The predicted octanol–water partition coefficient (Wildman–Crippen LogP) is 0.662. The van der Waals surface area contributed by atoms with Gasteiger partial charge in [0.2, 0.25) is 0 Å². The van der Waals surface area contributed by atoms with Crippen molar-refractivity contribution in [2.75, 3.05) is 0 Å². The summed E-state index contributed by atoms with van der Waals surface area (Å²) >= 11 is 0. The summed E-state index contributed by atoms with van der Waals surface area (Å²) in [5.41, 5.74) is 2.96. The number of hydrogen-bond acceptors (Lipinski definition) is 3. The maximum Gasteiger partial charge on any atom is 0.321 e. The van der Waals surface area contributed by atoms with Gasteiger partial charge in [0, 0.05) is 30.2 Å². The standard InChI is InChI=1S/C11H11N3O2/c15-11(16)8-4-7-6-2-1-3-12-10(6)14-9(7)5-13-8/h1-3,8,13H,4-5H2,(H,12,14)(H,15,16)/t8-/m0/s1. The van der Waals surface area contributed by atoms with E-state index in [1.54, 1.807) is 6.20 Å². The Morgan fingerprint density at radius 3 is 3.25 bits per heavy atom. The molecule has 5 heteroatoms. The van der Waals surface area contributed by atoms with E-state index < -0.39 is 12.0 Å². The van der Waals surface area contributed by atoms with Crippen LogP contribution >= 0.6 is 0 Å². The molecule has 0 aliphatic carbocycles. The van der Waals surface area contributed by atoms with Gasteiger partial charge in [0.1, 0.15) is 11.7 Å². The van der Waals surface area contributed by atoms with Crippen LogP contribution in [0.1, 0.15) is 11.3 Å². The molecule has 5 nitrogen and oxygen atoms in total. The molecule has 0 aromatic carbocycles. The lowest BCUT2D eigenvalue weighted by molar-refractivity contribution is -0.139. The van der Waals surface area contributed by atoms with Crippen LogP contribution in [-0.4, -0.2) is 27.1 Å². The van der Waals surface area contributed by atoms with Gasteiger partial charge in [-0.2, -0.15) is 0 Å². The second-order valence-electron chi connectivity index (χ2n) is 3.96. The van der Waals surface area contributed by atoms with Crippen LogP contribution in [0.25, 0.3) is 11.0 Å². The maximum absolute atomic E-state index is 10.9. The monoisotopic (exact) mass is 217 g/mol. The minimum absolute atomic E-state index is 0.494. The number of carboxylic acids is 1. The van der Waals surface area contributed by atoms with Gasteiger partial charge in [-0.05, 0) is 17.7 Å². The summed E-state index contributed by atoms with van der Waals surface area (Å²) < 4.78 is 0. The molecule has 3 rings (SSSR count). The fourth-order valence-electron chi connectivity index (χ4n) is 2.19. The third-order valence-electron chi connectivity index (χ3n) is 3.00. The highest BCUT2D eigenvalue weighted by Crippen LogP contribution is 2.25. The van der Waals surface area contributed by atoms with Gasteiger partial charge in [0.05, 0.1) is 0 Å². The third-order valence-corrected chi connectivity index (χ3v) is 3.00. The van der Waals surface area contributed by atoms with Crippen LogP contribution in [0.5, 0.6) is 0 Å². The van der Waals surface area contributed by atoms with Gasteiger partial charge in [-0.3, -0.25) is 10.1 Å². The van der Waals surface area contributed by atoms with Crippen molar-refractivity contribution >= 4 is 17.0 Å². The van der Waals surface area contributed by atoms with Gasteiger partial charge < -0.3 is 10.1 Å². The molecule has 16 heavy (non-hydrogen) atoms. The molecule has 2 aromatic rings. The average Bonchev–Trinajstić information content (AvgIpc) is 2.66. The number of nitrogens with zero attached hydrogens (tertiary/aromatic N) is 1. The number of H-pyrrole nitrogens is 1. The lowest BCUT2D eigenvalue weighted by Crippen LogP contribution is -2.41. The van der Waals surface area contributed by atoms with E-state index in [9.17, 15) is 4.79 Å². The maximum atomic E-state index is 10.9. The Morgan fingerprint density at radius 2 is 2.44 bits per heavy atom. The Labute approximate surface area is 91.5 Å². The van der Waals surface area contributed by atoms with Crippen molar-refractivity contribution in [2.24, 2.45) is 0 Å². The van der Waals surface area contributed by atoms with Crippen molar-refractivity contribution in [3.05, 3.63) is 29.6 Å². The molecular weight excluding hydrogens is 206 g/mol. The first-order valence-corrected chi connectivity index (χ1v) is 5.16. The minimum atomic E-state index is -0.802. The summed E-state index contributed by atoms with van der Waals surface area (Å²) in [5, 5.41) is 13.0. The number of carboxylic acid groups (broad SMARTS) is 1. The first kappa shape index (κ1) is 9.35. The topological polar surface area (TPSA) is 78.0 Å². The SMILES string of the molecule is O=C(O)[C@@H]1Cc2c([nH]c3ncccc23)CN1. The van der Waals surface area contributed by atoms with Crippen molar-refractivity contribution in [3.8, 4) is 0 Å². The van der Waals surface area contributed by atoms with Crippen molar-refractivity contribution in [3.63, 3.8) is 0 Å². The molecule has 0 amide bonds. The van der Waals surface area contributed by atoms with E-state index in [1.165, 1.54) is 0 Å². The van der Waals surface area contributed by atoms with Gasteiger partial charge >= 0.3 is 5.97 Å². The molecule has 0 bridgehead atoms. The van der Waals surface area contributed by atoms with Crippen LogP contribution in [0.2, 0.25) is 0 Å². The minimum Gasteiger partial charge on any atom is -0.480 e. The van der Waals surface area contributed by atoms with Gasteiger partial charge in [0.15, 0.2) is 0 Å². The fraction of sp³-hybridized carbons (Fsp3) is 0.273. The Bertz CT molecular complexity index is 561. The Morgan fingerprint density at radius 1 is 1.56 bits per heavy atom. The lowest BCUT2D eigenvalue weighted by atomic mass is 9.99. The fourth-order valence-corrected chi connectivity index (χ4v) is 2.19.